The lowest BCUT2D eigenvalue weighted by Gasteiger charge is -2.08. The number of thiophene rings is 1. The highest BCUT2D eigenvalue weighted by Crippen LogP contribution is 2.23. The molecular formula is C14H15N3O2S2. The molecule has 1 aromatic heterocycles. The molecule has 7 heteroatoms. The van der Waals surface area contributed by atoms with Gasteiger partial charge in [-0.1, -0.05) is 19.1 Å². The topological polar surface area (TPSA) is 82.0 Å². The summed E-state index contributed by atoms with van der Waals surface area (Å²) in [6.45, 7) is 3.54. The Labute approximate surface area is 128 Å². The summed E-state index contributed by atoms with van der Waals surface area (Å²) in [7, 11) is -3.64. The van der Waals surface area contributed by atoms with E-state index in [0.29, 0.717) is 17.1 Å². The SMILES string of the molecule is CCNCc1cccc(NS(=O)(=O)c2ccc(C#N)s2)c1. The number of nitriles is 1. The average Bonchev–Trinajstić information content (AvgIpc) is 2.95. The van der Waals surface area contributed by atoms with Crippen LogP contribution in [0.15, 0.2) is 40.6 Å². The van der Waals surface area contributed by atoms with Gasteiger partial charge in [-0.15, -0.1) is 11.3 Å². The first-order valence-electron chi connectivity index (χ1n) is 6.37. The Morgan fingerprint density at radius 3 is 2.76 bits per heavy atom. The molecule has 0 fully saturated rings. The van der Waals surface area contributed by atoms with Gasteiger partial charge < -0.3 is 5.32 Å². The standard InChI is InChI=1S/C14H15N3O2S2/c1-2-16-10-11-4-3-5-12(8-11)17-21(18,19)14-7-6-13(9-15)20-14/h3-8,16-17H,2,10H2,1H3. The lowest BCUT2D eigenvalue weighted by atomic mass is 10.2. The molecule has 5 nitrogen and oxygen atoms in total. The summed E-state index contributed by atoms with van der Waals surface area (Å²) in [4.78, 5) is 0.372. The molecule has 0 bridgehead atoms. The van der Waals surface area contributed by atoms with Crippen molar-refractivity contribution >= 4 is 27.0 Å². The van der Waals surface area contributed by atoms with Crippen LogP contribution in [0, 0.1) is 11.3 Å². The predicted molar refractivity (Wildman–Crippen MR) is 83.7 cm³/mol. The van der Waals surface area contributed by atoms with Gasteiger partial charge in [0, 0.05) is 12.2 Å². The molecule has 0 amide bonds. The van der Waals surface area contributed by atoms with E-state index < -0.39 is 10.0 Å². The first-order chi connectivity index (χ1) is 10.0. The van der Waals surface area contributed by atoms with E-state index in [1.807, 2.05) is 19.1 Å². The fraction of sp³-hybridized carbons (Fsp3) is 0.214. The van der Waals surface area contributed by atoms with Crippen molar-refractivity contribution in [2.45, 2.75) is 17.7 Å². The fourth-order valence-electron chi connectivity index (χ4n) is 1.74. The van der Waals surface area contributed by atoms with Gasteiger partial charge >= 0.3 is 0 Å². The second-order valence-electron chi connectivity index (χ2n) is 4.32. The number of nitrogens with zero attached hydrogens (tertiary/aromatic N) is 1. The minimum atomic E-state index is -3.64. The van der Waals surface area contributed by atoms with Crippen molar-refractivity contribution < 1.29 is 8.42 Å². The van der Waals surface area contributed by atoms with Crippen LogP contribution in [0.5, 0.6) is 0 Å². The molecule has 0 saturated carbocycles. The lowest BCUT2D eigenvalue weighted by Crippen LogP contribution is -2.13. The first kappa shape index (κ1) is 15.5. The molecule has 110 valence electrons. The Balaban J connectivity index is 2.18. The van der Waals surface area contributed by atoms with Crippen molar-refractivity contribution in [3.63, 3.8) is 0 Å². The van der Waals surface area contributed by atoms with Gasteiger partial charge in [0.1, 0.15) is 15.2 Å². The van der Waals surface area contributed by atoms with Gasteiger partial charge in [-0.05, 0) is 36.4 Å². The van der Waals surface area contributed by atoms with Crippen LogP contribution in [-0.4, -0.2) is 15.0 Å². The van der Waals surface area contributed by atoms with Gasteiger partial charge in [0.05, 0.1) is 0 Å². The zero-order chi connectivity index (χ0) is 15.3. The predicted octanol–water partition coefficient (Wildman–Crippen LogP) is 2.53. The summed E-state index contributed by atoms with van der Waals surface area (Å²) in [5.41, 5.74) is 1.51. The molecule has 0 aliphatic heterocycles. The number of anilines is 1. The van der Waals surface area contributed by atoms with E-state index in [4.69, 9.17) is 5.26 Å². The molecule has 2 rings (SSSR count). The van der Waals surface area contributed by atoms with Gasteiger partial charge in [-0.3, -0.25) is 4.72 Å². The van der Waals surface area contributed by atoms with Crippen LogP contribution in [0.1, 0.15) is 17.4 Å². The Kier molecular flexibility index (Phi) is 4.96. The van der Waals surface area contributed by atoms with Crippen LogP contribution < -0.4 is 10.0 Å². The average molecular weight is 321 g/mol. The van der Waals surface area contributed by atoms with E-state index in [-0.39, 0.29) is 4.21 Å². The molecular weight excluding hydrogens is 306 g/mol. The highest BCUT2D eigenvalue weighted by molar-refractivity contribution is 7.94. The third kappa shape index (κ3) is 4.04. The van der Waals surface area contributed by atoms with Gasteiger partial charge in [-0.2, -0.15) is 5.26 Å². The van der Waals surface area contributed by atoms with E-state index in [0.717, 1.165) is 23.4 Å². The van der Waals surface area contributed by atoms with Gasteiger partial charge in [-0.25, -0.2) is 8.42 Å². The van der Waals surface area contributed by atoms with Gasteiger partial charge in [0.2, 0.25) is 0 Å². The number of benzene rings is 1. The molecule has 2 N–H and O–H groups in total. The van der Waals surface area contributed by atoms with E-state index in [1.165, 1.54) is 12.1 Å². The highest BCUT2D eigenvalue weighted by atomic mass is 32.2. The summed E-state index contributed by atoms with van der Waals surface area (Å²) >= 11 is 0.953. The number of hydrogen-bond acceptors (Lipinski definition) is 5. The Morgan fingerprint density at radius 2 is 2.10 bits per heavy atom. The monoisotopic (exact) mass is 321 g/mol. The molecule has 0 atom stereocenters. The Bertz CT molecular complexity index is 761. The quantitative estimate of drug-likeness (QED) is 0.856. The van der Waals surface area contributed by atoms with Crippen LogP contribution in [0.3, 0.4) is 0 Å². The molecule has 0 spiro atoms. The third-order valence-electron chi connectivity index (χ3n) is 2.71. The highest BCUT2D eigenvalue weighted by Gasteiger charge is 2.17. The minimum Gasteiger partial charge on any atom is -0.313 e. The van der Waals surface area contributed by atoms with Crippen molar-refractivity contribution in [3.8, 4) is 6.07 Å². The van der Waals surface area contributed by atoms with E-state index in [2.05, 4.69) is 10.0 Å². The fourth-order valence-corrected chi connectivity index (χ4v) is 3.90. The molecule has 1 heterocycles. The van der Waals surface area contributed by atoms with Gasteiger partial charge in [0.25, 0.3) is 10.0 Å². The van der Waals surface area contributed by atoms with Crippen LogP contribution in [0.4, 0.5) is 5.69 Å². The molecule has 0 saturated heterocycles. The maximum atomic E-state index is 12.2. The smallest absolute Gasteiger partial charge is 0.271 e. The zero-order valence-corrected chi connectivity index (χ0v) is 13.1. The number of nitrogens with one attached hydrogen (secondary N) is 2. The van der Waals surface area contributed by atoms with Crippen molar-refractivity contribution in [1.29, 1.82) is 5.26 Å². The van der Waals surface area contributed by atoms with Crippen LogP contribution in [0.25, 0.3) is 0 Å². The molecule has 0 unspecified atom stereocenters. The molecule has 0 radical (unpaired) electrons. The van der Waals surface area contributed by atoms with Crippen LogP contribution >= 0.6 is 11.3 Å². The Hall–Kier alpha value is -1.88. The maximum absolute atomic E-state index is 12.2. The van der Waals surface area contributed by atoms with Crippen LogP contribution in [-0.2, 0) is 16.6 Å². The summed E-state index contributed by atoms with van der Waals surface area (Å²) < 4.78 is 27.1. The second kappa shape index (κ2) is 6.72. The molecule has 1 aromatic carbocycles. The van der Waals surface area contributed by atoms with Crippen molar-refractivity contribution in [3.05, 3.63) is 46.8 Å². The lowest BCUT2D eigenvalue weighted by molar-refractivity contribution is 0.603. The summed E-state index contributed by atoms with van der Waals surface area (Å²) in [6, 6.07) is 12.1. The summed E-state index contributed by atoms with van der Waals surface area (Å²) in [5.74, 6) is 0. The molecule has 0 aliphatic rings. The number of sulfonamides is 1. The van der Waals surface area contributed by atoms with Crippen molar-refractivity contribution in [1.82, 2.24) is 5.32 Å². The van der Waals surface area contributed by atoms with E-state index in [9.17, 15) is 8.42 Å². The van der Waals surface area contributed by atoms with Crippen molar-refractivity contribution in [2.24, 2.45) is 0 Å². The van der Waals surface area contributed by atoms with E-state index in [1.54, 1.807) is 18.2 Å². The van der Waals surface area contributed by atoms with Gasteiger partial charge in [0.15, 0.2) is 0 Å². The maximum Gasteiger partial charge on any atom is 0.271 e. The molecule has 21 heavy (non-hydrogen) atoms. The first-order valence-corrected chi connectivity index (χ1v) is 8.67. The third-order valence-corrected chi connectivity index (χ3v) is 5.58. The normalized spacial score (nSPS) is 11.0. The number of hydrogen-bond donors (Lipinski definition) is 2. The summed E-state index contributed by atoms with van der Waals surface area (Å²) in [5, 5.41) is 11.9. The second-order valence-corrected chi connectivity index (χ2v) is 7.31. The zero-order valence-electron chi connectivity index (χ0n) is 11.5. The Morgan fingerprint density at radius 1 is 1.29 bits per heavy atom. The molecule has 0 aliphatic carbocycles. The summed E-state index contributed by atoms with van der Waals surface area (Å²) in [6.07, 6.45) is 0. The van der Waals surface area contributed by atoms with Crippen molar-refractivity contribution in [2.75, 3.05) is 11.3 Å². The minimum absolute atomic E-state index is 0.135. The number of rotatable bonds is 6. The van der Waals surface area contributed by atoms with Crippen LogP contribution in [0.2, 0.25) is 0 Å². The van der Waals surface area contributed by atoms with E-state index >= 15 is 0 Å². The largest absolute Gasteiger partial charge is 0.313 e. The molecule has 2 aromatic rings.